The molecule has 0 bridgehead atoms. The van der Waals surface area contributed by atoms with Gasteiger partial charge in [0.25, 0.3) is 0 Å². The van der Waals surface area contributed by atoms with Crippen molar-refractivity contribution >= 4 is 25.4 Å². The zero-order chi connectivity index (χ0) is 14.1. The summed E-state index contributed by atoms with van der Waals surface area (Å²) in [6, 6.07) is 9.84. The second kappa shape index (κ2) is 9.13. The number of carbonyl (C=O) groups is 1. The van der Waals surface area contributed by atoms with Crippen LogP contribution in [0.25, 0.3) is 0 Å². The number of hydrogen-bond acceptors (Lipinski definition) is 3. The van der Waals surface area contributed by atoms with E-state index in [1.54, 1.807) is 0 Å². The quantitative estimate of drug-likeness (QED) is 0.450. The van der Waals surface area contributed by atoms with Gasteiger partial charge in [0.15, 0.2) is 0 Å². The number of aliphatic hydroxyl groups is 1. The molecule has 2 atom stereocenters. The van der Waals surface area contributed by atoms with Crippen LogP contribution >= 0.6 is 0 Å². The first-order chi connectivity index (χ1) is 9.19. The van der Waals surface area contributed by atoms with Crippen molar-refractivity contribution in [2.45, 2.75) is 43.5 Å². The van der Waals surface area contributed by atoms with Crippen molar-refractivity contribution in [2.75, 3.05) is 7.11 Å². The maximum absolute atomic E-state index is 11.8. The summed E-state index contributed by atoms with van der Waals surface area (Å²) < 4.78 is 5.94. The molecule has 0 aliphatic rings. The number of esters is 1. The van der Waals surface area contributed by atoms with Crippen molar-refractivity contribution in [1.29, 1.82) is 0 Å². The minimum atomic E-state index is -0.598. The molecule has 3 nitrogen and oxygen atoms in total. The molecule has 4 heteroatoms. The van der Waals surface area contributed by atoms with Crippen LogP contribution in [0.5, 0.6) is 0 Å². The van der Waals surface area contributed by atoms with Crippen LogP contribution in [0, 0.1) is 0 Å². The van der Waals surface area contributed by atoms with Gasteiger partial charge < -0.3 is 0 Å². The Kier molecular flexibility index (Phi) is 7.80. The first kappa shape index (κ1) is 16.2. The Hall–Kier alpha value is -0.831. The fraction of sp³-hybridized carbons (Fsp3) is 0.533. The second-order valence-electron chi connectivity index (χ2n) is 4.44. The molecule has 19 heavy (non-hydrogen) atoms. The monoisotopic (exact) mass is 330 g/mol. The molecule has 1 N–H and O–H groups in total. The third-order valence-corrected chi connectivity index (χ3v) is 5.63. The van der Waals surface area contributed by atoms with Crippen molar-refractivity contribution in [1.82, 2.24) is 0 Å². The predicted molar refractivity (Wildman–Crippen MR) is 77.7 cm³/mol. The van der Waals surface area contributed by atoms with E-state index in [2.05, 4.69) is 6.92 Å². The molecule has 0 aromatic heterocycles. The summed E-state index contributed by atoms with van der Waals surface area (Å²) in [6.07, 6.45) is 3.22. The van der Waals surface area contributed by atoms with Crippen LogP contribution in [0.1, 0.15) is 32.6 Å². The van der Waals surface area contributed by atoms with Crippen molar-refractivity contribution in [3.8, 4) is 0 Å². The van der Waals surface area contributed by atoms with Crippen LogP contribution < -0.4 is 4.46 Å². The Morgan fingerprint density at radius 1 is 1.32 bits per heavy atom. The standard InChI is InChI=1S/C15H22O3Se/c1-3-4-6-11-13(16)14(15(17)18-2)19-12-9-7-5-8-10-12/h5,7-10,13-14,16H,3-4,6,11H2,1-2H3/t13-,14+/m1/s1. The molecule has 0 heterocycles. The number of unbranched alkanes of at least 4 members (excludes halogenated alkanes) is 2. The number of ether oxygens (including phenoxy) is 1. The Morgan fingerprint density at radius 2 is 2.00 bits per heavy atom. The van der Waals surface area contributed by atoms with E-state index in [9.17, 15) is 9.90 Å². The van der Waals surface area contributed by atoms with E-state index in [-0.39, 0.29) is 20.9 Å². The summed E-state index contributed by atoms with van der Waals surface area (Å²) in [5.74, 6) is -0.298. The van der Waals surface area contributed by atoms with Gasteiger partial charge in [-0.3, -0.25) is 0 Å². The van der Waals surface area contributed by atoms with Crippen LogP contribution in [-0.2, 0) is 9.53 Å². The molecule has 1 aromatic rings. The van der Waals surface area contributed by atoms with Crippen molar-refractivity contribution in [3.63, 3.8) is 0 Å². The predicted octanol–water partition coefficient (Wildman–Crippen LogP) is 1.92. The zero-order valence-electron chi connectivity index (χ0n) is 11.5. The third-order valence-electron chi connectivity index (χ3n) is 2.89. The Labute approximate surface area is 121 Å². The van der Waals surface area contributed by atoms with E-state index < -0.39 is 10.9 Å². The maximum atomic E-state index is 11.8. The van der Waals surface area contributed by atoms with Crippen LogP contribution in [0.4, 0.5) is 0 Å². The molecule has 0 amide bonds. The molecule has 106 valence electrons. The second-order valence-corrected chi connectivity index (χ2v) is 6.99. The van der Waals surface area contributed by atoms with E-state index in [4.69, 9.17) is 4.74 Å². The number of rotatable bonds is 8. The van der Waals surface area contributed by atoms with Gasteiger partial charge in [-0.1, -0.05) is 0 Å². The average molecular weight is 329 g/mol. The summed E-state index contributed by atoms with van der Waals surface area (Å²) in [5.41, 5.74) is 0. The Bertz CT molecular complexity index is 367. The molecule has 0 radical (unpaired) electrons. The fourth-order valence-electron chi connectivity index (χ4n) is 1.80. The number of hydrogen-bond donors (Lipinski definition) is 1. The fourth-order valence-corrected chi connectivity index (χ4v) is 4.09. The van der Waals surface area contributed by atoms with Gasteiger partial charge in [-0.05, 0) is 0 Å². The SMILES string of the molecule is CCCCC[C@@H](O)[C@H]([Se]c1ccccc1)C(=O)OC. The van der Waals surface area contributed by atoms with Crippen LogP contribution in [-0.4, -0.2) is 39.2 Å². The van der Waals surface area contributed by atoms with Crippen LogP contribution in [0.2, 0.25) is 4.82 Å². The van der Waals surface area contributed by atoms with Gasteiger partial charge >= 0.3 is 121 Å². The number of methoxy groups -OCH3 is 1. The normalized spacial score (nSPS) is 13.8. The first-order valence-electron chi connectivity index (χ1n) is 6.66. The van der Waals surface area contributed by atoms with Crippen molar-refractivity contribution < 1.29 is 14.6 Å². The summed E-state index contributed by atoms with van der Waals surface area (Å²) in [5, 5.41) is 10.2. The number of aliphatic hydroxyl groups excluding tert-OH is 1. The summed E-state index contributed by atoms with van der Waals surface area (Å²) in [6.45, 7) is 2.12. The van der Waals surface area contributed by atoms with E-state index in [1.807, 2.05) is 30.3 Å². The van der Waals surface area contributed by atoms with Crippen molar-refractivity contribution in [3.05, 3.63) is 30.3 Å². The molecule has 0 saturated heterocycles. The molecular formula is C15H22O3Se. The van der Waals surface area contributed by atoms with Gasteiger partial charge in [-0.15, -0.1) is 0 Å². The van der Waals surface area contributed by atoms with Gasteiger partial charge in [0.05, 0.1) is 0 Å². The molecule has 0 saturated carbocycles. The summed E-state index contributed by atoms with van der Waals surface area (Å²) in [4.78, 5) is 11.4. The topological polar surface area (TPSA) is 46.5 Å². The molecule has 0 aliphatic heterocycles. The van der Waals surface area contributed by atoms with Gasteiger partial charge in [0, 0.05) is 0 Å². The number of carbonyl (C=O) groups excluding carboxylic acids is 1. The molecule has 0 aliphatic carbocycles. The van der Waals surface area contributed by atoms with E-state index >= 15 is 0 Å². The van der Waals surface area contributed by atoms with E-state index in [0.717, 1.165) is 23.7 Å². The third kappa shape index (κ3) is 5.77. The van der Waals surface area contributed by atoms with Gasteiger partial charge in [-0.2, -0.15) is 0 Å². The van der Waals surface area contributed by atoms with E-state index in [0.29, 0.717) is 6.42 Å². The van der Waals surface area contributed by atoms with Gasteiger partial charge in [0.2, 0.25) is 0 Å². The van der Waals surface area contributed by atoms with E-state index in [1.165, 1.54) is 7.11 Å². The summed E-state index contributed by atoms with van der Waals surface area (Å²) in [7, 11) is 1.38. The molecule has 0 fully saturated rings. The minimum absolute atomic E-state index is 0.0972. The van der Waals surface area contributed by atoms with Gasteiger partial charge in [-0.25, -0.2) is 0 Å². The molecule has 1 aromatic carbocycles. The zero-order valence-corrected chi connectivity index (χ0v) is 13.3. The average Bonchev–Trinajstić information content (AvgIpc) is 2.45. The van der Waals surface area contributed by atoms with Gasteiger partial charge in [0.1, 0.15) is 0 Å². The first-order valence-corrected chi connectivity index (χ1v) is 8.51. The molecule has 0 spiro atoms. The molecule has 1 rings (SSSR count). The van der Waals surface area contributed by atoms with Crippen molar-refractivity contribution in [2.24, 2.45) is 0 Å². The molecule has 0 unspecified atom stereocenters. The Balaban J connectivity index is 2.63. The Morgan fingerprint density at radius 3 is 2.58 bits per heavy atom. The van der Waals surface area contributed by atoms with Crippen LogP contribution in [0.3, 0.4) is 0 Å². The number of benzene rings is 1. The van der Waals surface area contributed by atoms with Crippen LogP contribution in [0.15, 0.2) is 30.3 Å². The molecular weight excluding hydrogens is 307 g/mol. The summed E-state index contributed by atoms with van der Waals surface area (Å²) >= 11 is -0.0972.